The Hall–Kier alpha value is -3.52. The molecule has 2 aromatic rings. The molecule has 1 unspecified atom stereocenters. The standard InChI is InChI=1S/C24H30N6O2/c1-5-6-9-27-23(31-4)11-18-7-8-20(25)19(10-18)24(26)21-12-22(29-15-28-21)30-13-16(2)32-17(3)14-30/h5-10,12,15-17,26H,1,11,13-14,25H2,2-4H3/b9-6-,26-24?,27-23?/t16-,17?/m1/s1. The zero-order valence-corrected chi connectivity index (χ0v) is 18.8. The van der Waals surface area contributed by atoms with E-state index in [4.69, 9.17) is 20.6 Å². The maximum Gasteiger partial charge on any atom is 0.192 e. The van der Waals surface area contributed by atoms with E-state index in [1.165, 1.54) is 6.33 Å². The van der Waals surface area contributed by atoms with Gasteiger partial charge in [0, 0.05) is 43.0 Å². The predicted octanol–water partition coefficient (Wildman–Crippen LogP) is 3.38. The first kappa shape index (κ1) is 23.1. The summed E-state index contributed by atoms with van der Waals surface area (Å²) in [6.07, 6.45) is 7.19. The Morgan fingerprint density at radius 3 is 2.75 bits per heavy atom. The first-order chi connectivity index (χ1) is 15.4. The van der Waals surface area contributed by atoms with Crippen molar-refractivity contribution < 1.29 is 9.47 Å². The minimum Gasteiger partial charge on any atom is -0.484 e. The molecule has 1 aliphatic heterocycles. The van der Waals surface area contributed by atoms with Gasteiger partial charge in [-0.05, 0) is 37.6 Å². The Labute approximate surface area is 189 Å². The minimum absolute atomic E-state index is 0.113. The maximum atomic E-state index is 8.76. The first-order valence-corrected chi connectivity index (χ1v) is 10.5. The van der Waals surface area contributed by atoms with E-state index < -0.39 is 0 Å². The second-order valence-corrected chi connectivity index (χ2v) is 7.70. The second kappa shape index (κ2) is 10.7. The average Bonchev–Trinajstić information content (AvgIpc) is 2.78. The van der Waals surface area contributed by atoms with E-state index in [0.29, 0.717) is 29.3 Å². The van der Waals surface area contributed by atoms with E-state index in [0.717, 1.165) is 24.5 Å². The summed E-state index contributed by atoms with van der Waals surface area (Å²) in [6, 6.07) is 7.41. The van der Waals surface area contributed by atoms with E-state index in [1.54, 1.807) is 31.5 Å². The van der Waals surface area contributed by atoms with Crippen LogP contribution >= 0.6 is 0 Å². The van der Waals surface area contributed by atoms with Gasteiger partial charge in [0.1, 0.15) is 12.1 Å². The van der Waals surface area contributed by atoms with Gasteiger partial charge in [-0.15, -0.1) is 0 Å². The van der Waals surface area contributed by atoms with Crippen LogP contribution in [0.15, 0.2) is 60.5 Å². The Kier molecular flexibility index (Phi) is 7.72. The molecule has 0 amide bonds. The largest absolute Gasteiger partial charge is 0.484 e. The van der Waals surface area contributed by atoms with Crippen molar-refractivity contribution in [1.29, 1.82) is 5.41 Å². The lowest BCUT2D eigenvalue weighted by Gasteiger charge is -2.36. The Morgan fingerprint density at radius 2 is 2.06 bits per heavy atom. The van der Waals surface area contributed by atoms with Crippen LogP contribution in [0.4, 0.5) is 11.5 Å². The molecule has 3 N–H and O–H groups in total. The van der Waals surface area contributed by atoms with Crippen LogP contribution in [0.1, 0.15) is 30.7 Å². The minimum atomic E-state index is 0.113. The highest BCUT2D eigenvalue weighted by molar-refractivity contribution is 6.13. The van der Waals surface area contributed by atoms with Crippen LogP contribution in [0.5, 0.6) is 0 Å². The number of hydrogen-bond acceptors (Lipinski definition) is 8. The van der Waals surface area contributed by atoms with E-state index in [1.807, 2.05) is 32.0 Å². The topological polar surface area (TPSA) is 110 Å². The van der Waals surface area contributed by atoms with Crippen molar-refractivity contribution in [3.8, 4) is 0 Å². The number of nitrogens with zero attached hydrogens (tertiary/aromatic N) is 4. The monoisotopic (exact) mass is 434 g/mol. The van der Waals surface area contributed by atoms with Crippen LogP contribution in [-0.4, -0.2) is 54.0 Å². The number of nitrogen functional groups attached to an aromatic ring is 1. The molecule has 0 saturated carbocycles. The second-order valence-electron chi connectivity index (χ2n) is 7.70. The number of methoxy groups -OCH3 is 1. The fourth-order valence-corrected chi connectivity index (χ4v) is 3.62. The van der Waals surface area contributed by atoms with Gasteiger partial charge in [0.2, 0.25) is 0 Å². The number of ether oxygens (including phenoxy) is 2. The number of anilines is 2. The number of morpholine rings is 1. The predicted molar refractivity (Wildman–Crippen MR) is 129 cm³/mol. The van der Waals surface area contributed by atoms with E-state index in [9.17, 15) is 0 Å². The number of rotatable bonds is 7. The van der Waals surface area contributed by atoms with Crippen molar-refractivity contribution in [2.45, 2.75) is 32.5 Å². The third-order valence-electron chi connectivity index (χ3n) is 5.07. The first-order valence-electron chi connectivity index (χ1n) is 10.5. The molecule has 0 radical (unpaired) electrons. The van der Waals surface area contributed by atoms with Gasteiger partial charge in [-0.2, -0.15) is 0 Å². The summed E-state index contributed by atoms with van der Waals surface area (Å²) in [7, 11) is 1.58. The number of nitrogens with one attached hydrogen (secondary N) is 1. The molecule has 2 atom stereocenters. The highest BCUT2D eigenvalue weighted by Gasteiger charge is 2.24. The fourth-order valence-electron chi connectivity index (χ4n) is 3.62. The summed E-state index contributed by atoms with van der Waals surface area (Å²) >= 11 is 0. The van der Waals surface area contributed by atoms with Crippen molar-refractivity contribution in [3.05, 3.63) is 72.3 Å². The van der Waals surface area contributed by atoms with Crippen molar-refractivity contribution in [1.82, 2.24) is 9.97 Å². The third kappa shape index (κ3) is 5.79. The zero-order chi connectivity index (χ0) is 23.1. The molecule has 8 nitrogen and oxygen atoms in total. The molecule has 0 bridgehead atoms. The van der Waals surface area contributed by atoms with E-state index in [2.05, 4.69) is 26.4 Å². The summed E-state index contributed by atoms with van der Waals surface area (Å²) in [4.78, 5) is 15.2. The summed E-state index contributed by atoms with van der Waals surface area (Å²) in [6.45, 7) is 9.20. The molecule has 1 saturated heterocycles. The van der Waals surface area contributed by atoms with Gasteiger partial charge >= 0.3 is 0 Å². The number of aliphatic imine (C=N–C) groups is 1. The van der Waals surface area contributed by atoms with Gasteiger partial charge in [-0.1, -0.05) is 18.7 Å². The van der Waals surface area contributed by atoms with Gasteiger partial charge in [0.05, 0.1) is 30.7 Å². The third-order valence-corrected chi connectivity index (χ3v) is 5.07. The maximum absolute atomic E-state index is 8.76. The molecule has 168 valence electrons. The van der Waals surface area contributed by atoms with Crippen molar-refractivity contribution in [2.75, 3.05) is 30.8 Å². The van der Waals surface area contributed by atoms with Crippen LogP contribution in [0.2, 0.25) is 0 Å². The van der Waals surface area contributed by atoms with Crippen LogP contribution in [0.3, 0.4) is 0 Å². The lowest BCUT2D eigenvalue weighted by Crippen LogP contribution is -2.45. The quantitative estimate of drug-likeness (QED) is 0.299. The molecule has 1 fully saturated rings. The number of hydrogen-bond donors (Lipinski definition) is 2. The lowest BCUT2D eigenvalue weighted by atomic mass is 10.0. The molecular weight excluding hydrogens is 404 g/mol. The molecule has 1 aromatic heterocycles. The molecular formula is C24H30N6O2. The van der Waals surface area contributed by atoms with Gasteiger partial charge in [0.15, 0.2) is 5.90 Å². The molecule has 0 spiro atoms. The molecule has 2 heterocycles. The van der Waals surface area contributed by atoms with Crippen LogP contribution in [0, 0.1) is 5.41 Å². The lowest BCUT2D eigenvalue weighted by molar-refractivity contribution is -0.00546. The fraction of sp³-hybridized carbons (Fsp3) is 0.333. The van der Waals surface area contributed by atoms with E-state index >= 15 is 0 Å². The highest BCUT2D eigenvalue weighted by atomic mass is 16.5. The summed E-state index contributed by atoms with van der Waals surface area (Å²) in [5.41, 5.74) is 9.01. The van der Waals surface area contributed by atoms with Gasteiger partial charge in [-0.3, -0.25) is 5.41 Å². The number of nitrogens with two attached hydrogens (primary N) is 1. The van der Waals surface area contributed by atoms with Gasteiger partial charge < -0.3 is 20.1 Å². The smallest absolute Gasteiger partial charge is 0.192 e. The SMILES string of the molecule is C=C/C=C\N=C(Cc1ccc(N)c(C(=N)c2cc(N3CC(C)O[C@H](C)C3)ncn2)c1)OC. The summed E-state index contributed by atoms with van der Waals surface area (Å²) in [5, 5.41) is 8.76. The van der Waals surface area contributed by atoms with Crippen LogP contribution in [0.25, 0.3) is 0 Å². The summed E-state index contributed by atoms with van der Waals surface area (Å²) < 4.78 is 11.2. The number of aromatic nitrogens is 2. The molecule has 3 rings (SSSR count). The zero-order valence-electron chi connectivity index (χ0n) is 18.8. The highest BCUT2D eigenvalue weighted by Crippen LogP contribution is 2.22. The molecule has 0 aliphatic carbocycles. The molecule has 32 heavy (non-hydrogen) atoms. The normalized spacial score (nSPS) is 19.2. The van der Waals surface area contributed by atoms with Crippen molar-refractivity contribution in [3.63, 3.8) is 0 Å². The Balaban J connectivity index is 1.84. The van der Waals surface area contributed by atoms with Crippen molar-refractivity contribution in [2.24, 2.45) is 4.99 Å². The van der Waals surface area contributed by atoms with Gasteiger partial charge in [0.25, 0.3) is 0 Å². The number of benzene rings is 1. The van der Waals surface area contributed by atoms with E-state index in [-0.39, 0.29) is 17.9 Å². The van der Waals surface area contributed by atoms with Crippen LogP contribution in [-0.2, 0) is 15.9 Å². The Bertz CT molecular complexity index is 1020. The van der Waals surface area contributed by atoms with Crippen molar-refractivity contribution >= 4 is 23.1 Å². The molecule has 1 aromatic carbocycles. The van der Waals surface area contributed by atoms with Crippen LogP contribution < -0.4 is 10.6 Å². The summed E-state index contributed by atoms with van der Waals surface area (Å²) in [5.74, 6) is 1.32. The average molecular weight is 435 g/mol. The Morgan fingerprint density at radius 1 is 1.31 bits per heavy atom. The van der Waals surface area contributed by atoms with Gasteiger partial charge in [-0.25, -0.2) is 15.0 Å². The number of allylic oxidation sites excluding steroid dienone is 2. The molecule has 8 heteroatoms. The molecule has 1 aliphatic rings.